The van der Waals surface area contributed by atoms with Crippen molar-refractivity contribution in [3.8, 4) is 0 Å². The van der Waals surface area contributed by atoms with E-state index in [9.17, 15) is 4.79 Å². The fourth-order valence-corrected chi connectivity index (χ4v) is 1.15. The van der Waals surface area contributed by atoms with E-state index in [4.69, 9.17) is 10.8 Å². The van der Waals surface area contributed by atoms with Crippen molar-refractivity contribution in [3.05, 3.63) is 18.2 Å². The zero-order valence-corrected chi connectivity index (χ0v) is 9.27. The summed E-state index contributed by atoms with van der Waals surface area (Å²) in [5.41, 5.74) is 6.08. The second kappa shape index (κ2) is 4.02. The second-order valence-electron chi connectivity index (χ2n) is 4.59. The molecule has 1 heterocycles. The quantitative estimate of drug-likeness (QED) is 0.766. The van der Waals surface area contributed by atoms with Gasteiger partial charge in [0, 0.05) is 18.2 Å². The number of rotatable bonds is 3. The Balaban J connectivity index is 2.73. The molecule has 0 spiro atoms. The second-order valence-corrected chi connectivity index (χ2v) is 4.59. The Morgan fingerprint density at radius 3 is 2.67 bits per heavy atom. The summed E-state index contributed by atoms with van der Waals surface area (Å²) in [6.45, 7) is 6.15. The Kier molecular flexibility index (Phi) is 3.14. The molecule has 84 valence electrons. The molecule has 1 aromatic heterocycles. The normalized spacial score (nSPS) is 13.9. The molecular weight excluding hydrogens is 194 g/mol. The van der Waals surface area contributed by atoms with Crippen LogP contribution in [0.1, 0.15) is 26.5 Å². The molecule has 1 aromatic rings. The molecule has 15 heavy (non-hydrogen) atoms. The van der Waals surface area contributed by atoms with Crippen LogP contribution in [-0.4, -0.2) is 26.7 Å². The third kappa shape index (κ3) is 3.06. The monoisotopic (exact) mass is 211 g/mol. The van der Waals surface area contributed by atoms with Gasteiger partial charge >= 0.3 is 5.97 Å². The molecule has 0 aliphatic carbocycles. The van der Waals surface area contributed by atoms with Crippen LogP contribution in [0.15, 0.2) is 12.5 Å². The molecule has 0 aromatic carbocycles. The van der Waals surface area contributed by atoms with Gasteiger partial charge in [-0.05, 0) is 20.8 Å². The van der Waals surface area contributed by atoms with Crippen LogP contribution in [0.2, 0.25) is 0 Å². The lowest BCUT2D eigenvalue weighted by Crippen LogP contribution is -2.32. The Hall–Kier alpha value is -1.36. The summed E-state index contributed by atoms with van der Waals surface area (Å²) in [4.78, 5) is 14.7. The van der Waals surface area contributed by atoms with Crippen LogP contribution < -0.4 is 5.73 Å². The lowest BCUT2D eigenvalue weighted by molar-refractivity contribution is -0.138. The maximum absolute atomic E-state index is 10.5. The smallest absolute Gasteiger partial charge is 0.320 e. The molecular formula is C10H17N3O2. The molecule has 3 N–H and O–H groups in total. The molecule has 0 amide bonds. The van der Waals surface area contributed by atoms with E-state index in [0.29, 0.717) is 5.69 Å². The van der Waals surface area contributed by atoms with Gasteiger partial charge < -0.3 is 15.4 Å². The van der Waals surface area contributed by atoms with Gasteiger partial charge in [-0.1, -0.05) is 0 Å². The number of carboxylic acid groups (broad SMARTS) is 1. The molecule has 0 saturated carbocycles. The van der Waals surface area contributed by atoms with Gasteiger partial charge in [-0.15, -0.1) is 0 Å². The third-order valence-corrected chi connectivity index (χ3v) is 2.16. The van der Waals surface area contributed by atoms with Crippen molar-refractivity contribution in [1.29, 1.82) is 0 Å². The standard InChI is InChI=1S/C10H17N3O2/c1-10(2,3)13-5-7(12-6-13)4-8(11)9(14)15/h5-6,8H,4,11H2,1-3H3,(H,14,15). The molecule has 1 rings (SSSR count). The fourth-order valence-electron chi connectivity index (χ4n) is 1.15. The highest BCUT2D eigenvalue weighted by atomic mass is 16.4. The summed E-state index contributed by atoms with van der Waals surface area (Å²) in [7, 11) is 0. The van der Waals surface area contributed by atoms with E-state index in [0.717, 1.165) is 0 Å². The number of aromatic nitrogens is 2. The molecule has 5 nitrogen and oxygen atoms in total. The number of nitrogens with zero attached hydrogens (tertiary/aromatic N) is 2. The first-order valence-corrected chi connectivity index (χ1v) is 4.82. The Labute approximate surface area is 88.9 Å². The average Bonchev–Trinajstić information content (AvgIpc) is 2.51. The maximum atomic E-state index is 10.5. The summed E-state index contributed by atoms with van der Waals surface area (Å²) in [6, 6.07) is -0.881. The molecule has 0 saturated heterocycles. The van der Waals surface area contributed by atoms with E-state index in [1.807, 2.05) is 10.8 Å². The van der Waals surface area contributed by atoms with Gasteiger partial charge in [-0.3, -0.25) is 4.79 Å². The first-order valence-electron chi connectivity index (χ1n) is 4.82. The fraction of sp³-hybridized carbons (Fsp3) is 0.600. The highest BCUT2D eigenvalue weighted by Crippen LogP contribution is 2.14. The van der Waals surface area contributed by atoms with Gasteiger partial charge in [0.05, 0.1) is 12.0 Å². The van der Waals surface area contributed by atoms with Crippen LogP contribution in [0.25, 0.3) is 0 Å². The summed E-state index contributed by atoms with van der Waals surface area (Å²) in [5.74, 6) is -1.000. The van der Waals surface area contributed by atoms with E-state index >= 15 is 0 Å². The minimum atomic E-state index is -1.000. The first-order chi connectivity index (χ1) is 6.80. The van der Waals surface area contributed by atoms with Crippen LogP contribution in [0.5, 0.6) is 0 Å². The van der Waals surface area contributed by atoms with Crippen molar-refractivity contribution in [1.82, 2.24) is 9.55 Å². The Morgan fingerprint density at radius 2 is 2.27 bits per heavy atom. The molecule has 0 radical (unpaired) electrons. The van der Waals surface area contributed by atoms with Gasteiger partial charge in [0.1, 0.15) is 6.04 Å². The van der Waals surface area contributed by atoms with Gasteiger partial charge in [-0.2, -0.15) is 0 Å². The number of nitrogens with two attached hydrogens (primary N) is 1. The summed E-state index contributed by atoms with van der Waals surface area (Å²) in [5, 5.41) is 8.65. The molecule has 0 fully saturated rings. The van der Waals surface area contributed by atoms with Crippen LogP contribution in [-0.2, 0) is 16.8 Å². The molecule has 1 atom stereocenters. The van der Waals surface area contributed by atoms with Crippen LogP contribution in [0.3, 0.4) is 0 Å². The highest BCUT2D eigenvalue weighted by molar-refractivity contribution is 5.73. The lowest BCUT2D eigenvalue weighted by Gasteiger charge is -2.19. The molecule has 5 heteroatoms. The van der Waals surface area contributed by atoms with Crippen molar-refractivity contribution in [2.45, 2.75) is 38.8 Å². The molecule has 0 bridgehead atoms. The van der Waals surface area contributed by atoms with Crippen molar-refractivity contribution >= 4 is 5.97 Å². The summed E-state index contributed by atoms with van der Waals surface area (Å²) in [6.07, 6.45) is 3.80. The van der Waals surface area contributed by atoms with E-state index in [1.54, 1.807) is 6.33 Å². The largest absolute Gasteiger partial charge is 0.480 e. The number of aliphatic carboxylic acids is 1. The van der Waals surface area contributed by atoms with Gasteiger partial charge in [0.25, 0.3) is 0 Å². The number of hydrogen-bond acceptors (Lipinski definition) is 3. The van der Waals surface area contributed by atoms with Crippen molar-refractivity contribution in [3.63, 3.8) is 0 Å². The third-order valence-electron chi connectivity index (χ3n) is 2.16. The van der Waals surface area contributed by atoms with E-state index in [1.165, 1.54) is 0 Å². The van der Waals surface area contributed by atoms with Gasteiger partial charge in [0.15, 0.2) is 0 Å². The summed E-state index contributed by atoms with van der Waals surface area (Å²) >= 11 is 0. The van der Waals surface area contributed by atoms with E-state index < -0.39 is 12.0 Å². The number of carbonyl (C=O) groups is 1. The number of imidazole rings is 1. The molecule has 0 aliphatic heterocycles. The number of hydrogen-bond donors (Lipinski definition) is 2. The highest BCUT2D eigenvalue weighted by Gasteiger charge is 2.17. The SMILES string of the molecule is CC(C)(C)n1cnc(CC(N)C(=O)O)c1. The zero-order chi connectivity index (χ0) is 11.6. The van der Waals surface area contributed by atoms with Crippen molar-refractivity contribution in [2.75, 3.05) is 0 Å². The van der Waals surface area contributed by atoms with Crippen LogP contribution in [0.4, 0.5) is 0 Å². The Morgan fingerprint density at radius 1 is 1.67 bits per heavy atom. The average molecular weight is 211 g/mol. The topological polar surface area (TPSA) is 81.1 Å². The molecule has 1 unspecified atom stereocenters. The Bertz CT molecular complexity index is 352. The van der Waals surface area contributed by atoms with Crippen molar-refractivity contribution in [2.24, 2.45) is 5.73 Å². The van der Waals surface area contributed by atoms with Crippen LogP contribution >= 0.6 is 0 Å². The van der Waals surface area contributed by atoms with Gasteiger partial charge in [-0.25, -0.2) is 4.98 Å². The summed E-state index contributed by atoms with van der Waals surface area (Å²) < 4.78 is 1.94. The van der Waals surface area contributed by atoms with Crippen molar-refractivity contribution < 1.29 is 9.90 Å². The van der Waals surface area contributed by atoms with E-state index in [-0.39, 0.29) is 12.0 Å². The first kappa shape index (κ1) is 11.7. The minimum absolute atomic E-state index is 0.0431. The zero-order valence-electron chi connectivity index (χ0n) is 9.27. The predicted molar refractivity (Wildman–Crippen MR) is 56.5 cm³/mol. The van der Waals surface area contributed by atoms with Gasteiger partial charge in [0.2, 0.25) is 0 Å². The lowest BCUT2D eigenvalue weighted by atomic mass is 10.1. The van der Waals surface area contributed by atoms with Crippen LogP contribution in [0, 0.1) is 0 Å². The maximum Gasteiger partial charge on any atom is 0.320 e. The molecule has 0 aliphatic rings. The predicted octanol–water partition coefficient (Wildman–Crippen LogP) is 0.592. The van der Waals surface area contributed by atoms with E-state index in [2.05, 4.69) is 25.8 Å². The minimum Gasteiger partial charge on any atom is -0.480 e. The number of carboxylic acids is 1.